The van der Waals surface area contributed by atoms with Crippen LogP contribution in [0.4, 0.5) is 4.39 Å². The van der Waals surface area contributed by atoms with Gasteiger partial charge < -0.3 is 5.11 Å². The molecule has 19 heavy (non-hydrogen) atoms. The van der Waals surface area contributed by atoms with Crippen molar-refractivity contribution in [3.8, 4) is 0 Å². The molecule has 4 nitrogen and oxygen atoms in total. The maximum atomic E-state index is 13.4. The van der Waals surface area contributed by atoms with E-state index in [9.17, 15) is 12.8 Å². The molecule has 0 saturated heterocycles. The van der Waals surface area contributed by atoms with Gasteiger partial charge in [-0.15, -0.1) is 0 Å². The number of nitrogens with one attached hydrogen (secondary N) is 1. The summed E-state index contributed by atoms with van der Waals surface area (Å²) in [7, 11) is -3.74. The fourth-order valence-electron chi connectivity index (χ4n) is 1.64. The van der Waals surface area contributed by atoms with Crippen LogP contribution in [0.1, 0.15) is 25.8 Å². The third kappa shape index (κ3) is 4.26. The lowest BCUT2D eigenvalue weighted by Crippen LogP contribution is -2.34. The zero-order valence-electron chi connectivity index (χ0n) is 11.4. The molecule has 1 aromatic carbocycles. The Morgan fingerprint density at radius 2 is 2.00 bits per heavy atom. The molecule has 0 unspecified atom stereocenters. The summed E-state index contributed by atoms with van der Waals surface area (Å²) in [5.74, 6) is -0.544. The second-order valence-electron chi connectivity index (χ2n) is 5.33. The smallest absolute Gasteiger partial charge is 0.240 e. The largest absolute Gasteiger partial charge is 0.396 e. The first-order chi connectivity index (χ1) is 8.69. The standard InChI is InChI=1S/C13H20FNO3S/c1-10-11(14)5-4-6-12(10)19(17,18)15-9-13(2,3)7-8-16/h4-6,15-16H,7-9H2,1-3H3. The van der Waals surface area contributed by atoms with E-state index in [1.807, 2.05) is 13.8 Å². The summed E-state index contributed by atoms with van der Waals surface area (Å²) < 4.78 is 40.1. The Hall–Kier alpha value is -0.980. The van der Waals surface area contributed by atoms with Crippen molar-refractivity contribution in [3.63, 3.8) is 0 Å². The molecule has 0 aliphatic rings. The minimum Gasteiger partial charge on any atom is -0.396 e. The second-order valence-corrected chi connectivity index (χ2v) is 7.06. The van der Waals surface area contributed by atoms with Crippen molar-refractivity contribution in [2.75, 3.05) is 13.2 Å². The van der Waals surface area contributed by atoms with Crippen molar-refractivity contribution in [2.24, 2.45) is 5.41 Å². The Morgan fingerprint density at radius 1 is 1.37 bits per heavy atom. The quantitative estimate of drug-likeness (QED) is 0.839. The van der Waals surface area contributed by atoms with Gasteiger partial charge in [-0.3, -0.25) is 0 Å². The number of aliphatic hydroxyl groups is 1. The van der Waals surface area contributed by atoms with Gasteiger partial charge in [0, 0.05) is 18.7 Å². The molecule has 0 aliphatic heterocycles. The number of aliphatic hydroxyl groups excluding tert-OH is 1. The van der Waals surface area contributed by atoms with Crippen LogP contribution in [0.25, 0.3) is 0 Å². The highest BCUT2D eigenvalue weighted by molar-refractivity contribution is 7.89. The lowest BCUT2D eigenvalue weighted by molar-refractivity contribution is 0.213. The number of rotatable bonds is 6. The van der Waals surface area contributed by atoms with E-state index in [1.54, 1.807) is 0 Å². The van der Waals surface area contributed by atoms with Gasteiger partial charge in [0.15, 0.2) is 0 Å². The van der Waals surface area contributed by atoms with Gasteiger partial charge in [0.1, 0.15) is 5.82 Å². The van der Waals surface area contributed by atoms with E-state index in [2.05, 4.69) is 4.72 Å². The maximum Gasteiger partial charge on any atom is 0.240 e. The monoisotopic (exact) mass is 289 g/mol. The Kier molecular flexibility index (Phi) is 5.06. The molecule has 0 radical (unpaired) electrons. The first-order valence-electron chi connectivity index (χ1n) is 6.05. The summed E-state index contributed by atoms with van der Waals surface area (Å²) in [4.78, 5) is -0.0488. The highest BCUT2D eigenvalue weighted by Crippen LogP contribution is 2.21. The lowest BCUT2D eigenvalue weighted by atomic mass is 9.90. The molecular formula is C13H20FNO3S. The summed E-state index contributed by atoms with van der Waals surface area (Å²) in [5.41, 5.74) is -0.252. The van der Waals surface area contributed by atoms with Crippen molar-refractivity contribution in [1.82, 2.24) is 4.72 Å². The lowest BCUT2D eigenvalue weighted by Gasteiger charge is -2.24. The Labute approximate surface area is 113 Å². The Bertz CT molecular complexity index is 541. The molecule has 0 aromatic heterocycles. The van der Waals surface area contributed by atoms with Gasteiger partial charge in [-0.2, -0.15) is 0 Å². The molecule has 0 amide bonds. The SMILES string of the molecule is Cc1c(F)cccc1S(=O)(=O)NCC(C)(C)CCO. The molecule has 6 heteroatoms. The number of hydrogen-bond acceptors (Lipinski definition) is 3. The zero-order valence-corrected chi connectivity index (χ0v) is 12.2. The number of sulfonamides is 1. The second kappa shape index (κ2) is 5.98. The van der Waals surface area contributed by atoms with Crippen LogP contribution < -0.4 is 4.72 Å². The summed E-state index contributed by atoms with van der Waals surface area (Å²) in [6, 6.07) is 3.97. The summed E-state index contributed by atoms with van der Waals surface area (Å²) in [6.07, 6.45) is 0.484. The third-order valence-corrected chi connectivity index (χ3v) is 4.58. The molecule has 1 aromatic rings. The van der Waals surface area contributed by atoms with Gasteiger partial charge in [0.2, 0.25) is 10.0 Å². The topological polar surface area (TPSA) is 66.4 Å². The van der Waals surface area contributed by atoms with E-state index in [0.717, 1.165) is 0 Å². The van der Waals surface area contributed by atoms with E-state index in [-0.39, 0.29) is 29.0 Å². The number of hydrogen-bond donors (Lipinski definition) is 2. The molecule has 2 N–H and O–H groups in total. The average Bonchev–Trinajstić information content (AvgIpc) is 2.30. The van der Waals surface area contributed by atoms with Crippen LogP contribution in [0, 0.1) is 18.2 Å². The molecule has 0 saturated carbocycles. The Balaban J connectivity index is 2.91. The maximum absolute atomic E-state index is 13.4. The predicted octanol–water partition coefficient (Wildman–Crippen LogP) is 1.82. The molecule has 0 aliphatic carbocycles. The fraction of sp³-hybridized carbons (Fsp3) is 0.538. The number of halogens is 1. The summed E-state index contributed by atoms with van der Waals surface area (Å²) in [6.45, 7) is 5.32. The Morgan fingerprint density at radius 3 is 2.58 bits per heavy atom. The van der Waals surface area contributed by atoms with Gasteiger partial charge in [-0.25, -0.2) is 17.5 Å². The molecule has 0 bridgehead atoms. The van der Waals surface area contributed by atoms with Crippen molar-refractivity contribution in [3.05, 3.63) is 29.6 Å². The summed E-state index contributed by atoms with van der Waals surface area (Å²) in [5, 5.41) is 8.90. The van der Waals surface area contributed by atoms with Crippen molar-refractivity contribution >= 4 is 10.0 Å². The molecule has 0 heterocycles. The van der Waals surface area contributed by atoms with Gasteiger partial charge in [0.25, 0.3) is 0 Å². The highest BCUT2D eigenvalue weighted by atomic mass is 32.2. The van der Waals surface area contributed by atoms with Gasteiger partial charge in [-0.1, -0.05) is 19.9 Å². The molecule has 0 fully saturated rings. The predicted molar refractivity (Wildman–Crippen MR) is 71.8 cm³/mol. The highest BCUT2D eigenvalue weighted by Gasteiger charge is 2.23. The average molecular weight is 289 g/mol. The van der Waals surface area contributed by atoms with Gasteiger partial charge in [-0.05, 0) is 30.9 Å². The minimum absolute atomic E-state index is 0.00623. The van der Waals surface area contributed by atoms with Crippen molar-refractivity contribution in [2.45, 2.75) is 32.1 Å². The first kappa shape index (κ1) is 16.1. The normalized spacial score (nSPS) is 12.7. The van der Waals surface area contributed by atoms with Gasteiger partial charge >= 0.3 is 0 Å². The van der Waals surface area contributed by atoms with Gasteiger partial charge in [0.05, 0.1) is 4.90 Å². The van der Waals surface area contributed by atoms with E-state index in [0.29, 0.717) is 6.42 Å². The third-order valence-electron chi connectivity index (χ3n) is 3.04. The zero-order chi connectivity index (χ0) is 14.7. The first-order valence-corrected chi connectivity index (χ1v) is 7.53. The molecule has 0 atom stereocenters. The van der Waals surface area contributed by atoms with Crippen molar-refractivity contribution < 1.29 is 17.9 Å². The fourth-order valence-corrected chi connectivity index (χ4v) is 3.13. The molecule has 108 valence electrons. The van der Waals surface area contributed by atoms with Crippen LogP contribution in [0.5, 0.6) is 0 Å². The van der Waals surface area contributed by atoms with Crippen LogP contribution in [0.3, 0.4) is 0 Å². The molecule has 1 rings (SSSR count). The van der Waals surface area contributed by atoms with E-state index >= 15 is 0 Å². The van der Waals surface area contributed by atoms with E-state index < -0.39 is 15.8 Å². The van der Waals surface area contributed by atoms with Crippen LogP contribution in [0.15, 0.2) is 23.1 Å². The van der Waals surface area contributed by atoms with E-state index in [4.69, 9.17) is 5.11 Å². The van der Waals surface area contributed by atoms with Crippen molar-refractivity contribution in [1.29, 1.82) is 0 Å². The minimum atomic E-state index is -3.74. The molecule has 0 spiro atoms. The van der Waals surface area contributed by atoms with Crippen LogP contribution in [-0.2, 0) is 10.0 Å². The molecular weight excluding hydrogens is 269 g/mol. The van der Waals surface area contributed by atoms with E-state index in [1.165, 1.54) is 25.1 Å². The number of benzene rings is 1. The van der Waals surface area contributed by atoms with Crippen LogP contribution >= 0.6 is 0 Å². The van der Waals surface area contributed by atoms with Crippen LogP contribution in [-0.4, -0.2) is 26.7 Å². The summed E-state index contributed by atoms with van der Waals surface area (Å²) >= 11 is 0. The van der Waals surface area contributed by atoms with Crippen LogP contribution in [0.2, 0.25) is 0 Å².